The summed E-state index contributed by atoms with van der Waals surface area (Å²) in [6.07, 6.45) is -0.786. The largest absolute Gasteiger partial charge is 0.450 e. The molecule has 2 N–H and O–H groups in total. The highest BCUT2D eigenvalue weighted by Crippen LogP contribution is 2.17. The summed E-state index contributed by atoms with van der Waals surface area (Å²) < 4.78 is 4.55. The molecule has 4 amide bonds. The lowest BCUT2D eigenvalue weighted by molar-refractivity contribution is -0.155. The van der Waals surface area contributed by atoms with E-state index >= 15 is 0 Å². The minimum Gasteiger partial charge on any atom is -0.450 e. The molecule has 0 saturated carbocycles. The number of primary amides is 1. The quantitative estimate of drug-likeness (QED) is 0.441. The average Bonchev–Trinajstić information content (AvgIpc) is 2.32. The number of amides is 4. The fourth-order valence-corrected chi connectivity index (χ4v) is 2.05. The lowest BCUT2D eigenvalue weighted by Crippen LogP contribution is -2.60. The molecule has 0 bridgehead atoms. The van der Waals surface area contributed by atoms with E-state index in [0.717, 1.165) is 0 Å². The number of carbonyl (C=O) groups is 4. The standard InChI is InChI=1S/C10H14ClN3O5/c1-2-13-5-6(3-4-19-10(12)18)14(9(11)17)8(16)7(13)15/h6H,2-5H2,1H3,(H2,12,18)/t6-/m0/s1. The molecule has 9 heteroatoms. The Kier molecular flexibility index (Phi) is 5.11. The highest BCUT2D eigenvalue weighted by atomic mass is 35.5. The molecule has 106 valence electrons. The van der Waals surface area contributed by atoms with Gasteiger partial charge in [0.2, 0.25) is 0 Å². The molecule has 0 aromatic carbocycles. The molecule has 0 unspecified atom stereocenters. The molecule has 1 rings (SSSR count). The average molecular weight is 292 g/mol. The van der Waals surface area contributed by atoms with E-state index in [0.29, 0.717) is 11.4 Å². The van der Waals surface area contributed by atoms with E-state index in [1.165, 1.54) is 4.90 Å². The van der Waals surface area contributed by atoms with Gasteiger partial charge in [-0.05, 0) is 18.5 Å². The highest BCUT2D eigenvalue weighted by Gasteiger charge is 2.41. The zero-order valence-corrected chi connectivity index (χ0v) is 11.1. The number of rotatable bonds is 4. The third-order valence-corrected chi connectivity index (χ3v) is 2.93. The molecule has 19 heavy (non-hydrogen) atoms. The van der Waals surface area contributed by atoms with Gasteiger partial charge in [0.05, 0.1) is 12.6 Å². The van der Waals surface area contributed by atoms with E-state index < -0.39 is 29.3 Å². The Morgan fingerprint density at radius 3 is 2.53 bits per heavy atom. The van der Waals surface area contributed by atoms with Crippen molar-refractivity contribution in [1.82, 2.24) is 9.80 Å². The van der Waals surface area contributed by atoms with E-state index in [9.17, 15) is 19.2 Å². The summed E-state index contributed by atoms with van der Waals surface area (Å²) in [5, 5.41) is -1.03. The second-order valence-electron chi connectivity index (χ2n) is 3.88. The number of piperazine rings is 1. The first-order valence-electron chi connectivity index (χ1n) is 5.62. The zero-order chi connectivity index (χ0) is 14.6. The molecule has 1 saturated heterocycles. The molecular formula is C10H14ClN3O5. The first kappa shape index (κ1) is 15.2. The third kappa shape index (κ3) is 3.57. The Morgan fingerprint density at radius 2 is 2.05 bits per heavy atom. The number of carbonyl (C=O) groups excluding carboxylic acids is 4. The zero-order valence-electron chi connectivity index (χ0n) is 10.3. The van der Waals surface area contributed by atoms with Crippen molar-refractivity contribution in [2.75, 3.05) is 19.7 Å². The molecule has 8 nitrogen and oxygen atoms in total. The number of imide groups is 1. The van der Waals surface area contributed by atoms with Crippen molar-refractivity contribution in [2.45, 2.75) is 19.4 Å². The molecule has 0 spiro atoms. The second-order valence-corrected chi connectivity index (χ2v) is 4.21. The molecule has 0 aromatic heterocycles. The number of nitrogens with zero attached hydrogens (tertiary/aromatic N) is 2. The number of halogens is 1. The van der Waals surface area contributed by atoms with Crippen LogP contribution in [-0.2, 0) is 14.3 Å². The molecule has 0 radical (unpaired) electrons. The van der Waals surface area contributed by atoms with Crippen molar-refractivity contribution in [3.8, 4) is 0 Å². The minimum atomic E-state index is -1.03. The Bertz CT molecular complexity index is 414. The van der Waals surface area contributed by atoms with Gasteiger partial charge in [0, 0.05) is 19.5 Å². The van der Waals surface area contributed by atoms with Crippen LogP contribution in [0.1, 0.15) is 13.3 Å². The van der Waals surface area contributed by atoms with Gasteiger partial charge in [-0.25, -0.2) is 4.79 Å². The van der Waals surface area contributed by atoms with Crippen LogP contribution in [0, 0.1) is 0 Å². The first-order valence-corrected chi connectivity index (χ1v) is 6.00. The minimum absolute atomic E-state index is 0.0697. The fourth-order valence-electron chi connectivity index (χ4n) is 1.84. The Labute approximate surface area is 114 Å². The highest BCUT2D eigenvalue weighted by molar-refractivity contribution is 6.65. The van der Waals surface area contributed by atoms with Gasteiger partial charge >= 0.3 is 23.3 Å². The maximum Gasteiger partial charge on any atom is 0.404 e. The smallest absolute Gasteiger partial charge is 0.404 e. The number of hydrogen-bond acceptors (Lipinski definition) is 5. The normalized spacial score (nSPS) is 19.6. The van der Waals surface area contributed by atoms with Gasteiger partial charge in [0.1, 0.15) is 0 Å². The van der Waals surface area contributed by atoms with Crippen LogP contribution in [0.5, 0.6) is 0 Å². The summed E-state index contributed by atoms with van der Waals surface area (Å²) in [6.45, 7) is 2.13. The molecule has 1 fully saturated rings. The van der Waals surface area contributed by atoms with Crippen molar-refractivity contribution in [3.05, 3.63) is 0 Å². The predicted octanol–water partition coefficient (Wildman–Crippen LogP) is -0.110. The maximum atomic E-state index is 11.7. The summed E-state index contributed by atoms with van der Waals surface area (Å²) in [5.74, 6) is -1.75. The number of ether oxygens (including phenoxy) is 1. The Morgan fingerprint density at radius 1 is 1.42 bits per heavy atom. The fraction of sp³-hybridized carbons (Fsp3) is 0.600. The summed E-state index contributed by atoms with van der Waals surface area (Å²) >= 11 is 5.31. The van der Waals surface area contributed by atoms with Crippen LogP contribution in [0.15, 0.2) is 0 Å². The SMILES string of the molecule is CCN1C[C@H](CCOC(N)=O)N(C(=O)Cl)C(=O)C1=O. The number of likely N-dealkylation sites (N-methyl/N-ethyl adjacent to an activating group) is 1. The van der Waals surface area contributed by atoms with Gasteiger partial charge in [-0.3, -0.25) is 19.3 Å². The number of nitrogens with two attached hydrogens (primary N) is 1. The van der Waals surface area contributed by atoms with Gasteiger partial charge in [0.15, 0.2) is 0 Å². The van der Waals surface area contributed by atoms with Crippen molar-refractivity contribution in [2.24, 2.45) is 5.73 Å². The Hall–Kier alpha value is -1.83. The van der Waals surface area contributed by atoms with Crippen LogP contribution in [0.4, 0.5) is 9.59 Å². The van der Waals surface area contributed by atoms with E-state index in [2.05, 4.69) is 4.74 Å². The van der Waals surface area contributed by atoms with Crippen molar-refractivity contribution >= 4 is 34.9 Å². The van der Waals surface area contributed by atoms with Gasteiger partial charge in [-0.1, -0.05) is 0 Å². The van der Waals surface area contributed by atoms with Crippen molar-refractivity contribution in [1.29, 1.82) is 0 Å². The van der Waals surface area contributed by atoms with E-state index in [1.807, 2.05) is 0 Å². The van der Waals surface area contributed by atoms with Crippen molar-refractivity contribution < 1.29 is 23.9 Å². The molecule has 1 heterocycles. The van der Waals surface area contributed by atoms with E-state index in [4.69, 9.17) is 17.3 Å². The summed E-state index contributed by atoms with van der Waals surface area (Å²) in [5.41, 5.74) is 4.81. The maximum absolute atomic E-state index is 11.7. The molecule has 1 aliphatic heterocycles. The molecule has 0 aliphatic carbocycles. The lowest BCUT2D eigenvalue weighted by atomic mass is 10.1. The first-order chi connectivity index (χ1) is 8.88. The molecular weight excluding hydrogens is 278 g/mol. The summed E-state index contributed by atoms with van der Waals surface area (Å²) in [7, 11) is 0. The summed E-state index contributed by atoms with van der Waals surface area (Å²) in [4.78, 5) is 47.0. The van der Waals surface area contributed by atoms with Crippen LogP contribution in [-0.4, -0.2) is 58.8 Å². The van der Waals surface area contributed by atoms with Crippen LogP contribution in [0.2, 0.25) is 0 Å². The van der Waals surface area contributed by atoms with Crippen LogP contribution >= 0.6 is 11.6 Å². The summed E-state index contributed by atoms with van der Waals surface area (Å²) in [6, 6.07) is -0.630. The van der Waals surface area contributed by atoms with E-state index in [-0.39, 0.29) is 19.6 Å². The van der Waals surface area contributed by atoms with Gasteiger partial charge in [0.25, 0.3) is 0 Å². The van der Waals surface area contributed by atoms with Crippen LogP contribution in [0.3, 0.4) is 0 Å². The predicted molar refractivity (Wildman–Crippen MR) is 64.3 cm³/mol. The Balaban J connectivity index is 2.78. The third-order valence-electron chi connectivity index (χ3n) is 2.75. The monoisotopic (exact) mass is 291 g/mol. The van der Waals surface area contributed by atoms with Gasteiger partial charge < -0.3 is 15.4 Å². The molecule has 0 aromatic rings. The van der Waals surface area contributed by atoms with Gasteiger partial charge in [-0.15, -0.1) is 0 Å². The molecule has 1 aliphatic rings. The van der Waals surface area contributed by atoms with Crippen molar-refractivity contribution in [3.63, 3.8) is 0 Å². The van der Waals surface area contributed by atoms with Crippen LogP contribution < -0.4 is 5.73 Å². The molecule has 1 atom stereocenters. The lowest BCUT2D eigenvalue weighted by Gasteiger charge is -2.37. The van der Waals surface area contributed by atoms with Gasteiger partial charge in [-0.2, -0.15) is 0 Å². The topological polar surface area (TPSA) is 110 Å². The second kappa shape index (κ2) is 6.37. The van der Waals surface area contributed by atoms with E-state index in [1.54, 1.807) is 6.92 Å². The van der Waals surface area contributed by atoms with Crippen LogP contribution in [0.25, 0.3) is 0 Å². The number of hydrogen-bond donors (Lipinski definition) is 1.